The summed E-state index contributed by atoms with van der Waals surface area (Å²) in [5.41, 5.74) is -2.12. The van der Waals surface area contributed by atoms with Crippen molar-refractivity contribution in [2.45, 2.75) is 86.2 Å². The first-order valence-corrected chi connectivity index (χ1v) is 15.9. The molecular formula is C31H33Cl2F3N6O3. The average molecular weight is 666 g/mol. The van der Waals surface area contributed by atoms with Crippen molar-refractivity contribution in [1.82, 2.24) is 25.8 Å². The van der Waals surface area contributed by atoms with Crippen LogP contribution >= 0.6 is 23.2 Å². The molecule has 2 aliphatic heterocycles. The van der Waals surface area contributed by atoms with Crippen molar-refractivity contribution in [2.24, 2.45) is 0 Å². The van der Waals surface area contributed by atoms with Crippen LogP contribution in [-0.2, 0) is 15.0 Å². The molecule has 4 heterocycles. The second-order valence-corrected chi connectivity index (χ2v) is 12.9. The molecule has 1 saturated carbocycles. The average Bonchev–Trinajstić information content (AvgIpc) is 3.74. The van der Waals surface area contributed by atoms with Crippen molar-refractivity contribution in [2.75, 3.05) is 18.7 Å². The fraction of sp³-hybridized carbons (Fsp3) is 0.516. The van der Waals surface area contributed by atoms with Crippen LogP contribution in [0, 0.1) is 5.82 Å². The van der Waals surface area contributed by atoms with Gasteiger partial charge in [-0.05, 0) is 80.7 Å². The molecule has 1 spiro atoms. The molecule has 6 rings (SSSR count). The number of hydrogen-bond donors (Lipinski definition) is 3. The summed E-state index contributed by atoms with van der Waals surface area (Å²) in [5.74, 6) is -2.36. The number of carbonyl (C=O) groups is 2. The molecule has 3 aromatic rings. The third kappa shape index (κ3) is 5.38. The number of carbonyl (C=O) groups excluding carboxylic acids is 2. The number of halogens is 5. The zero-order valence-corrected chi connectivity index (χ0v) is 25.8. The molecule has 2 fully saturated rings. The van der Waals surface area contributed by atoms with Crippen molar-refractivity contribution < 1.29 is 27.2 Å². The Morgan fingerprint density at radius 1 is 1.09 bits per heavy atom. The maximum absolute atomic E-state index is 16.0. The summed E-state index contributed by atoms with van der Waals surface area (Å²) in [6.07, 6.45) is 5.50. The lowest BCUT2D eigenvalue weighted by Crippen LogP contribution is -2.59. The van der Waals surface area contributed by atoms with Crippen molar-refractivity contribution in [1.29, 1.82) is 0 Å². The highest BCUT2D eigenvalue weighted by Crippen LogP contribution is 2.62. The Morgan fingerprint density at radius 3 is 2.49 bits per heavy atom. The summed E-state index contributed by atoms with van der Waals surface area (Å²) in [6.45, 7) is -1.41. The van der Waals surface area contributed by atoms with E-state index in [1.54, 1.807) is 18.2 Å². The number of nitrogens with zero attached hydrogens (tertiary/aromatic N) is 3. The standard InChI is InChI=1S/C31H33Cl2F3N6O3/c32-18-5-8-21-22(15-18)40-29(44)31(21)23(20-9-14-37-26(33)24(20)36)25(41-30(31,10-1-12-34)11-2-13-35)27(43)39-19-6-3-17(4-7-19)28-42-38-16-45-28/h5,8-9,14-17,19,23,25,41H,1-4,6-7,10-13H2,(H,39,43)(H,40,44)/t17-,19-,23-,25+,31+/m0/s1. The number of alkyl halides is 2. The van der Waals surface area contributed by atoms with Crippen LogP contribution in [0.3, 0.4) is 0 Å². The van der Waals surface area contributed by atoms with Gasteiger partial charge in [0.1, 0.15) is 5.41 Å². The van der Waals surface area contributed by atoms with Crippen molar-refractivity contribution in [3.05, 3.63) is 69.9 Å². The SMILES string of the molecule is O=C(N[C@H]1CC[C@H](c2nnco2)CC1)[C@@H]1NC(CCCF)(CCCF)[C@@]2(C(=O)Nc3cc(Cl)ccc32)[C@H]1c1ccnc(Cl)c1F. The molecule has 9 nitrogen and oxygen atoms in total. The summed E-state index contributed by atoms with van der Waals surface area (Å²) in [4.78, 5) is 32.7. The molecule has 1 aromatic carbocycles. The largest absolute Gasteiger partial charge is 0.428 e. The Hall–Kier alpha value is -3.22. The molecule has 2 amide bonds. The van der Waals surface area contributed by atoms with Crippen LogP contribution in [0.5, 0.6) is 0 Å². The van der Waals surface area contributed by atoms with E-state index in [-0.39, 0.29) is 43.2 Å². The number of rotatable bonds is 10. The second-order valence-electron chi connectivity index (χ2n) is 12.1. The number of anilines is 1. The fourth-order valence-corrected chi connectivity index (χ4v) is 8.31. The minimum absolute atomic E-state index is 0.00285. The van der Waals surface area contributed by atoms with E-state index in [9.17, 15) is 18.4 Å². The zero-order valence-electron chi connectivity index (χ0n) is 24.3. The summed E-state index contributed by atoms with van der Waals surface area (Å²) < 4.78 is 49.2. The smallest absolute Gasteiger partial charge is 0.238 e. The molecule has 14 heteroatoms. The van der Waals surface area contributed by atoms with Crippen LogP contribution in [0.2, 0.25) is 10.2 Å². The van der Waals surface area contributed by atoms with Gasteiger partial charge in [0.05, 0.1) is 19.4 Å². The second kappa shape index (κ2) is 12.9. The minimum Gasteiger partial charge on any atom is -0.428 e. The lowest BCUT2D eigenvalue weighted by atomic mass is 9.57. The summed E-state index contributed by atoms with van der Waals surface area (Å²) in [6, 6.07) is 4.89. The van der Waals surface area contributed by atoms with E-state index in [4.69, 9.17) is 27.6 Å². The van der Waals surface area contributed by atoms with E-state index in [1.807, 2.05) is 0 Å². The third-order valence-electron chi connectivity index (χ3n) is 9.77. The number of benzene rings is 1. The van der Waals surface area contributed by atoms with Crippen LogP contribution < -0.4 is 16.0 Å². The van der Waals surface area contributed by atoms with Gasteiger partial charge in [0, 0.05) is 40.3 Å². The monoisotopic (exact) mass is 664 g/mol. The van der Waals surface area contributed by atoms with Crippen LogP contribution in [0.4, 0.5) is 18.9 Å². The number of aromatic nitrogens is 3. The lowest BCUT2D eigenvalue weighted by molar-refractivity contribution is -0.124. The predicted molar refractivity (Wildman–Crippen MR) is 161 cm³/mol. The molecule has 240 valence electrons. The molecule has 0 unspecified atom stereocenters. The molecule has 0 bridgehead atoms. The number of pyridine rings is 1. The van der Waals surface area contributed by atoms with E-state index in [2.05, 4.69) is 31.1 Å². The summed E-state index contributed by atoms with van der Waals surface area (Å²) in [5, 5.41) is 17.1. The van der Waals surface area contributed by atoms with Crippen LogP contribution in [0.15, 0.2) is 41.3 Å². The lowest BCUT2D eigenvalue weighted by Gasteiger charge is -2.45. The molecule has 1 saturated heterocycles. The topological polar surface area (TPSA) is 122 Å². The van der Waals surface area contributed by atoms with Crippen LogP contribution in [-0.4, -0.2) is 58.0 Å². The van der Waals surface area contributed by atoms with Gasteiger partial charge in [-0.25, -0.2) is 9.37 Å². The van der Waals surface area contributed by atoms with Crippen LogP contribution in [0.1, 0.15) is 80.2 Å². The number of amides is 2. The van der Waals surface area contributed by atoms with Gasteiger partial charge in [0.2, 0.25) is 24.1 Å². The molecule has 3 N–H and O–H groups in total. The number of hydrogen-bond acceptors (Lipinski definition) is 7. The van der Waals surface area contributed by atoms with Crippen molar-refractivity contribution >= 4 is 40.7 Å². The molecule has 1 aliphatic carbocycles. The third-order valence-corrected chi connectivity index (χ3v) is 10.3. The molecule has 3 atom stereocenters. The van der Waals surface area contributed by atoms with Gasteiger partial charge in [-0.1, -0.05) is 29.3 Å². The quantitative estimate of drug-likeness (QED) is 0.229. The summed E-state index contributed by atoms with van der Waals surface area (Å²) >= 11 is 12.5. The Morgan fingerprint density at radius 2 is 1.82 bits per heavy atom. The number of nitrogens with one attached hydrogen (secondary N) is 3. The Balaban J connectivity index is 1.46. The van der Waals surface area contributed by atoms with E-state index in [1.165, 1.54) is 18.7 Å². The molecule has 3 aliphatic rings. The highest BCUT2D eigenvalue weighted by atomic mass is 35.5. The van der Waals surface area contributed by atoms with Gasteiger partial charge in [0.25, 0.3) is 0 Å². The fourth-order valence-electron chi connectivity index (χ4n) is 7.97. The van der Waals surface area contributed by atoms with Crippen molar-refractivity contribution in [3.8, 4) is 0 Å². The highest BCUT2D eigenvalue weighted by Gasteiger charge is 2.72. The van der Waals surface area contributed by atoms with Gasteiger partial charge in [-0.15, -0.1) is 10.2 Å². The van der Waals surface area contributed by atoms with Gasteiger partial charge >= 0.3 is 0 Å². The molecule has 2 aromatic heterocycles. The molecular weight excluding hydrogens is 632 g/mol. The van der Waals surface area contributed by atoms with E-state index in [0.717, 1.165) is 0 Å². The predicted octanol–water partition coefficient (Wildman–Crippen LogP) is 5.94. The first-order valence-electron chi connectivity index (χ1n) is 15.1. The minimum atomic E-state index is -1.65. The first-order chi connectivity index (χ1) is 21.8. The van der Waals surface area contributed by atoms with E-state index >= 15 is 4.39 Å². The molecule has 45 heavy (non-hydrogen) atoms. The first kappa shape index (κ1) is 31.7. The molecule has 0 radical (unpaired) electrons. The summed E-state index contributed by atoms with van der Waals surface area (Å²) in [7, 11) is 0. The van der Waals surface area contributed by atoms with Gasteiger partial charge < -0.3 is 15.1 Å². The Kier molecular flexibility index (Phi) is 9.09. The van der Waals surface area contributed by atoms with Gasteiger partial charge in [0.15, 0.2) is 11.0 Å². The Labute approximate surface area is 268 Å². The maximum atomic E-state index is 16.0. The maximum Gasteiger partial charge on any atom is 0.238 e. The van der Waals surface area contributed by atoms with E-state index in [0.29, 0.717) is 47.8 Å². The normalized spacial score (nSPS) is 27.0. The van der Waals surface area contributed by atoms with Crippen LogP contribution in [0.25, 0.3) is 0 Å². The van der Waals surface area contributed by atoms with Gasteiger partial charge in [-0.2, -0.15) is 0 Å². The number of fused-ring (bicyclic) bond motifs is 2. The zero-order chi connectivity index (χ0) is 31.8. The van der Waals surface area contributed by atoms with E-state index < -0.39 is 59.0 Å². The Bertz CT molecular complexity index is 1550. The van der Waals surface area contributed by atoms with Crippen molar-refractivity contribution in [3.63, 3.8) is 0 Å². The van der Waals surface area contributed by atoms with Gasteiger partial charge in [-0.3, -0.25) is 23.7 Å². The highest BCUT2D eigenvalue weighted by molar-refractivity contribution is 6.31.